The SMILES string of the molecule is CCc1ccc2nc(NC(=O)C3(C(=O)NCc4ccc#cc4Cl)CCN(C(=O)CNC(=O)OC(C)(C)C)CC3)[nH]c2c1. The number of benzene rings is 1. The molecule has 1 aromatic heterocycles. The maximum Gasteiger partial charge on any atom is 0.408 e. The maximum absolute atomic E-state index is 13.8. The largest absolute Gasteiger partial charge is 0.444 e. The highest BCUT2D eigenvalue weighted by Gasteiger charge is 2.48. The van der Waals surface area contributed by atoms with Crippen molar-refractivity contribution in [2.45, 2.75) is 59.1 Å². The lowest BCUT2D eigenvalue weighted by atomic mass is 9.76. The Kier molecular flexibility index (Phi) is 9.27. The number of ether oxygens (including phenoxy) is 1. The molecular formula is C30H35ClN6O5. The number of aromatic nitrogens is 2. The predicted octanol–water partition coefficient (Wildman–Crippen LogP) is 3.77. The summed E-state index contributed by atoms with van der Waals surface area (Å²) in [7, 11) is 0. The summed E-state index contributed by atoms with van der Waals surface area (Å²) >= 11 is 6.19. The van der Waals surface area contributed by atoms with E-state index in [1.807, 2.05) is 25.1 Å². The van der Waals surface area contributed by atoms with Crippen LogP contribution in [0.2, 0.25) is 5.02 Å². The van der Waals surface area contributed by atoms with Gasteiger partial charge in [0.2, 0.25) is 23.7 Å². The Bertz CT molecular complexity index is 1470. The number of hydrogen-bond acceptors (Lipinski definition) is 6. The second-order valence-corrected chi connectivity index (χ2v) is 11.6. The Hall–Kier alpha value is -4.30. The van der Waals surface area contributed by atoms with E-state index in [0.717, 1.165) is 17.5 Å². The summed E-state index contributed by atoms with van der Waals surface area (Å²) in [6, 6.07) is 14.7. The highest BCUT2D eigenvalue weighted by molar-refractivity contribution is 6.31. The lowest BCUT2D eigenvalue weighted by Gasteiger charge is -2.39. The van der Waals surface area contributed by atoms with Gasteiger partial charge in [-0.05, 0) is 81.5 Å². The average Bonchev–Trinajstić information content (AvgIpc) is 3.35. The summed E-state index contributed by atoms with van der Waals surface area (Å²) in [5.74, 6) is -1.14. The van der Waals surface area contributed by atoms with Gasteiger partial charge in [-0.3, -0.25) is 19.7 Å². The second kappa shape index (κ2) is 12.7. The van der Waals surface area contributed by atoms with E-state index < -0.39 is 28.9 Å². The van der Waals surface area contributed by atoms with Gasteiger partial charge in [0.25, 0.3) is 0 Å². The van der Waals surface area contributed by atoms with Crippen molar-refractivity contribution in [1.82, 2.24) is 25.5 Å². The van der Waals surface area contributed by atoms with Crippen molar-refractivity contribution in [2.24, 2.45) is 5.41 Å². The summed E-state index contributed by atoms with van der Waals surface area (Å²) in [5, 5.41) is 8.41. The van der Waals surface area contributed by atoms with Crippen LogP contribution in [0.5, 0.6) is 0 Å². The molecule has 11 nitrogen and oxygen atoms in total. The van der Waals surface area contributed by atoms with Gasteiger partial charge in [-0.1, -0.05) is 30.7 Å². The third-order valence-corrected chi connectivity index (χ3v) is 7.42. The molecule has 1 fully saturated rings. The molecule has 1 aliphatic rings. The van der Waals surface area contributed by atoms with E-state index in [0.29, 0.717) is 16.1 Å². The summed E-state index contributed by atoms with van der Waals surface area (Å²) in [4.78, 5) is 61.4. The number of halogens is 1. The fourth-order valence-corrected chi connectivity index (χ4v) is 4.90. The van der Waals surface area contributed by atoms with Gasteiger partial charge in [0.1, 0.15) is 17.6 Å². The highest BCUT2D eigenvalue weighted by Crippen LogP contribution is 2.34. The van der Waals surface area contributed by atoms with Crippen molar-refractivity contribution in [3.05, 3.63) is 58.6 Å². The number of fused-ring (bicyclic) bond motifs is 1. The number of H-pyrrole nitrogens is 1. The van der Waals surface area contributed by atoms with Crippen LogP contribution in [0.3, 0.4) is 0 Å². The number of piperidine rings is 1. The Balaban J connectivity index is 1.48. The van der Waals surface area contributed by atoms with Gasteiger partial charge in [-0.15, -0.1) is 0 Å². The zero-order chi connectivity index (χ0) is 30.5. The van der Waals surface area contributed by atoms with E-state index in [9.17, 15) is 19.2 Å². The summed E-state index contributed by atoms with van der Waals surface area (Å²) in [6.45, 7) is 7.31. The van der Waals surface area contributed by atoms with Gasteiger partial charge in [-0.2, -0.15) is 0 Å². The molecule has 3 aromatic rings. The molecule has 4 N–H and O–H groups in total. The minimum atomic E-state index is -1.49. The number of aryl methyl sites for hydroxylation is 1. The first-order chi connectivity index (χ1) is 19.9. The standard InChI is InChI=1S/C30H35ClN6O5/c1-5-19-10-11-22-23(16-19)35-27(34-22)36-26(40)30(25(39)32-17-20-8-6-7-9-21(20)31)12-14-37(15-13-30)24(38)18-33-28(41)42-29(2,3)4/h6,8,10-11,16H,5,12-15,17-18H2,1-4H3,(H,32,39)(H,33,41)(H2,34,35,36,40). The molecule has 1 aliphatic heterocycles. The second-order valence-electron chi connectivity index (χ2n) is 11.2. The normalized spacial score (nSPS) is 14.5. The van der Waals surface area contributed by atoms with Crippen molar-refractivity contribution in [3.63, 3.8) is 0 Å². The number of alkyl carbamates (subject to hydrolysis) is 1. The molecular weight excluding hydrogens is 560 g/mol. The van der Waals surface area contributed by atoms with Gasteiger partial charge in [-0.25, -0.2) is 9.78 Å². The van der Waals surface area contributed by atoms with Crippen molar-refractivity contribution >= 4 is 52.4 Å². The summed E-state index contributed by atoms with van der Waals surface area (Å²) in [5.41, 5.74) is 1.02. The molecule has 0 atom stereocenters. The van der Waals surface area contributed by atoms with Crippen molar-refractivity contribution < 1.29 is 23.9 Å². The molecule has 4 amide bonds. The molecule has 4 rings (SSSR count). The molecule has 0 radical (unpaired) electrons. The number of carbonyl (C=O) groups is 4. The van der Waals surface area contributed by atoms with Crippen LogP contribution in [0.25, 0.3) is 11.0 Å². The Labute approximate surface area is 249 Å². The number of nitrogens with one attached hydrogen (secondary N) is 4. The number of hydrogen-bond donors (Lipinski definition) is 4. The lowest BCUT2D eigenvalue weighted by Crippen LogP contribution is -2.56. The first kappa shape index (κ1) is 30.7. The number of rotatable bonds is 8. The van der Waals surface area contributed by atoms with Crippen LogP contribution in [-0.2, 0) is 32.1 Å². The smallest absolute Gasteiger partial charge is 0.408 e. The van der Waals surface area contributed by atoms with Gasteiger partial charge < -0.3 is 25.3 Å². The van der Waals surface area contributed by atoms with Crippen LogP contribution in [0, 0.1) is 17.5 Å². The van der Waals surface area contributed by atoms with E-state index in [1.165, 1.54) is 4.90 Å². The molecule has 42 heavy (non-hydrogen) atoms. The van der Waals surface area contributed by atoms with E-state index in [-0.39, 0.29) is 50.9 Å². The molecule has 0 spiro atoms. The number of nitrogens with zero attached hydrogens (tertiary/aromatic N) is 2. The van der Waals surface area contributed by atoms with E-state index >= 15 is 0 Å². The van der Waals surface area contributed by atoms with Crippen molar-refractivity contribution in [2.75, 3.05) is 25.0 Å². The van der Waals surface area contributed by atoms with Crippen LogP contribution >= 0.6 is 11.6 Å². The number of anilines is 1. The number of carbonyl (C=O) groups excluding carboxylic acids is 4. The first-order valence-corrected chi connectivity index (χ1v) is 14.2. The fourth-order valence-electron chi connectivity index (χ4n) is 4.71. The third-order valence-electron chi connectivity index (χ3n) is 7.08. The number of likely N-dealkylation sites (tertiary alicyclic amines) is 1. The van der Waals surface area contributed by atoms with Gasteiger partial charge in [0, 0.05) is 19.6 Å². The van der Waals surface area contributed by atoms with Crippen LogP contribution < -0.4 is 16.0 Å². The van der Waals surface area contributed by atoms with E-state index in [2.05, 4.69) is 38.1 Å². The fraction of sp³-hybridized carbons (Fsp3) is 0.433. The molecule has 12 heteroatoms. The first-order valence-electron chi connectivity index (χ1n) is 13.8. The molecule has 0 bridgehead atoms. The molecule has 2 heterocycles. The van der Waals surface area contributed by atoms with Gasteiger partial charge in [0.15, 0.2) is 0 Å². The molecule has 2 aromatic carbocycles. The van der Waals surface area contributed by atoms with Crippen LogP contribution in [-0.4, -0.2) is 63.9 Å². The minimum absolute atomic E-state index is 0.0610. The monoisotopic (exact) mass is 594 g/mol. The topological polar surface area (TPSA) is 146 Å². The summed E-state index contributed by atoms with van der Waals surface area (Å²) in [6.07, 6.45) is 0.271. The minimum Gasteiger partial charge on any atom is -0.444 e. The molecule has 0 aliphatic carbocycles. The Morgan fingerprint density at radius 3 is 2.52 bits per heavy atom. The molecule has 0 saturated carbocycles. The van der Waals surface area contributed by atoms with Crippen molar-refractivity contribution in [3.8, 4) is 0 Å². The molecule has 222 valence electrons. The van der Waals surface area contributed by atoms with Crippen molar-refractivity contribution in [1.29, 1.82) is 0 Å². The highest BCUT2D eigenvalue weighted by atomic mass is 35.5. The number of aromatic amines is 1. The summed E-state index contributed by atoms with van der Waals surface area (Å²) < 4.78 is 5.19. The third kappa shape index (κ3) is 7.31. The van der Waals surface area contributed by atoms with Crippen LogP contribution in [0.1, 0.15) is 51.7 Å². The maximum atomic E-state index is 13.8. The molecule has 0 unspecified atom stereocenters. The van der Waals surface area contributed by atoms with E-state index in [4.69, 9.17) is 16.3 Å². The lowest BCUT2D eigenvalue weighted by molar-refractivity contribution is -0.147. The zero-order valence-electron chi connectivity index (χ0n) is 24.2. The number of amides is 4. The average molecular weight is 595 g/mol. The Morgan fingerprint density at radius 1 is 1.12 bits per heavy atom. The van der Waals surface area contributed by atoms with Crippen LogP contribution in [0.15, 0.2) is 30.3 Å². The predicted molar refractivity (Wildman–Crippen MR) is 158 cm³/mol. The number of imidazole rings is 1. The van der Waals surface area contributed by atoms with Gasteiger partial charge >= 0.3 is 6.09 Å². The van der Waals surface area contributed by atoms with Gasteiger partial charge in [0.05, 0.1) is 16.1 Å². The quantitative estimate of drug-likeness (QED) is 0.292. The molecule has 1 saturated heterocycles. The zero-order valence-corrected chi connectivity index (χ0v) is 24.9. The van der Waals surface area contributed by atoms with Crippen LogP contribution in [0.4, 0.5) is 10.7 Å². The Morgan fingerprint density at radius 2 is 1.86 bits per heavy atom. The van der Waals surface area contributed by atoms with E-state index in [1.54, 1.807) is 32.9 Å².